The molecule has 1 N–H and O–H groups in total. The van der Waals surface area contributed by atoms with Crippen LogP contribution in [0.1, 0.15) is 5.56 Å². The van der Waals surface area contributed by atoms with Gasteiger partial charge >= 0.3 is 6.09 Å². The molecule has 0 radical (unpaired) electrons. The molecule has 2 aromatic rings. The van der Waals surface area contributed by atoms with Gasteiger partial charge in [-0.3, -0.25) is 5.32 Å². The lowest BCUT2D eigenvalue weighted by Crippen LogP contribution is -2.18. The number of hydrogen-bond donors (Lipinski definition) is 1. The number of halogens is 2. The third-order valence-corrected chi connectivity index (χ3v) is 2.47. The molecule has 0 saturated carbocycles. The quantitative estimate of drug-likeness (QED) is 0.892. The van der Waals surface area contributed by atoms with Crippen molar-refractivity contribution in [3.05, 3.63) is 59.7 Å². The largest absolute Gasteiger partial charge is 0.417 e. The molecule has 2 rings (SSSR count). The van der Waals surface area contributed by atoms with E-state index < -0.39 is 23.4 Å². The average Bonchev–Trinajstić information content (AvgIpc) is 2.40. The van der Waals surface area contributed by atoms with Gasteiger partial charge < -0.3 is 4.74 Å². The van der Waals surface area contributed by atoms with Crippen LogP contribution in [0, 0.1) is 18.6 Å². The van der Waals surface area contributed by atoms with Gasteiger partial charge in [-0.1, -0.05) is 24.3 Å². The highest BCUT2D eigenvalue weighted by Gasteiger charge is 2.15. The predicted octanol–water partition coefficient (Wildman–Crippen LogP) is 3.88. The first-order valence-corrected chi connectivity index (χ1v) is 5.56. The molecular formula is C14H11F2NO2. The van der Waals surface area contributed by atoms with Crippen LogP contribution in [-0.4, -0.2) is 6.09 Å². The number of carbonyl (C=O) groups is 1. The van der Waals surface area contributed by atoms with Crippen LogP contribution >= 0.6 is 0 Å². The summed E-state index contributed by atoms with van der Waals surface area (Å²) in [7, 11) is 0. The smallest absolute Gasteiger partial charge is 0.410 e. The van der Waals surface area contributed by atoms with Crippen LogP contribution in [0.3, 0.4) is 0 Å². The number of ether oxygens (including phenoxy) is 1. The van der Waals surface area contributed by atoms with Gasteiger partial charge in [0.25, 0.3) is 0 Å². The maximum atomic E-state index is 13.7. The molecule has 98 valence electrons. The van der Waals surface area contributed by atoms with E-state index in [2.05, 4.69) is 5.32 Å². The van der Waals surface area contributed by atoms with Crippen LogP contribution < -0.4 is 10.1 Å². The lowest BCUT2D eigenvalue weighted by Gasteiger charge is -2.09. The third kappa shape index (κ3) is 3.07. The van der Waals surface area contributed by atoms with E-state index in [0.717, 1.165) is 6.07 Å². The average molecular weight is 263 g/mol. The number of anilines is 1. The summed E-state index contributed by atoms with van der Waals surface area (Å²) >= 11 is 0. The van der Waals surface area contributed by atoms with Crippen LogP contribution in [0.5, 0.6) is 5.75 Å². The van der Waals surface area contributed by atoms with E-state index >= 15 is 0 Å². The van der Waals surface area contributed by atoms with Crippen molar-refractivity contribution in [2.24, 2.45) is 0 Å². The second-order valence-electron chi connectivity index (χ2n) is 3.88. The zero-order valence-corrected chi connectivity index (χ0v) is 10.1. The molecule has 19 heavy (non-hydrogen) atoms. The number of nitrogens with one attached hydrogen (secondary N) is 1. The van der Waals surface area contributed by atoms with Gasteiger partial charge in [-0.25, -0.2) is 13.6 Å². The van der Waals surface area contributed by atoms with Gasteiger partial charge in [0.2, 0.25) is 0 Å². The summed E-state index contributed by atoms with van der Waals surface area (Å²) in [6.07, 6.45) is -0.949. The van der Waals surface area contributed by atoms with Gasteiger partial charge in [-0.2, -0.15) is 0 Å². The van der Waals surface area contributed by atoms with Crippen molar-refractivity contribution >= 4 is 11.8 Å². The molecule has 0 saturated heterocycles. The molecule has 0 bridgehead atoms. The Balaban J connectivity index is 2.14. The molecule has 0 aromatic heterocycles. The highest BCUT2D eigenvalue weighted by atomic mass is 19.1. The molecule has 0 aliphatic heterocycles. The monoisotopic (exact) mass is 263 g/mol. The van der Waals surface area contributed by atoms with E-state index in [-0.39, 0.29) is 11.3 Å². The topological polar surface area (TPSA) is 38.3 Å². The van der Waals surface area contributed by atoms with E-state index in [9.17, 15) is 13.6 Å². The van der Waals surface area contributed by atoms with E-state index in [1.165, 1.54) is 13.0 Å². The standard InChI is InChI=1S/C14H11F2NO2/c1-9-7-8-11(15)13(12(9)16)17-14(18)19-10-5-3-2-4-6-10/h2-8H,1H3,(H,17,18). The molecule has 0 heterocycles. The summed E-state index contributed by atoms with van der Waals surface area (Å²) in [4.78, 5) is 11.5. The van der Waals surface area contributed by atoms with E-state index in [4.69, 9.17) is 4.74 Å². The number of rotatable bonds is 2. The third-order valence-electron chi connectivity index (χ3n) is 2.47. The van der Waals surface area contributed by atoms with Gasteiger partial charge in [0.15, 0.2) is 5.82 Å². The first kappa shape index (κ1) is 13.0. The summed E-state index contributed by atoms with van der Waals surface area (Å²) in [6, 6.07) is 10.6. The molecular weight excluding hydrogens is 252 g/mol. The second-order valence-corrected chi connectivity index (χ2v) is 3.88. The zero-order chi connectivity index (χ0) is 13.8. The van der Waals surface area contributed by atoms with Crippen molar-refractivity contribution in [1.29, 1.82) is 0 Å². The van der Waals surface area contributed by atoms with Crippen LogP contribution in [0.25, 0.3) is 0 Å². The lowest BCUT2D eigenvalue weighted by atomic mass is 10.2. The highest BCUT2D eigenvalue weighted by molar-refractivity contribution is 5.86. The Morgan fingerprint density at radius 1 is 1.11 bits per heavy atom. The van der Waals surface area contributed by atoms with Crippen molar-refractivity contribution in [2.75, 3.05) is 5.32 Å². The van der Waals surface area contributed by atoms with Crippen LogP contribution in [-0.2, 0) is 0 Å². The van der Waals surface area contributed by atoms with Gasteiger partial charge in [0.05, 0.1) is 0 Å². The van der Waals surface area contributed by atoms with Gasteiger partial charge in [0, 0.05) is 0 Å². The Morgan fingerprint density at radius 2 is 1.79 bits per heavy atom. The van der Waals surface area contributed by atoms with Crippen LogP contribution in [0.4, 0.5) is 19.3 Å². The molecule has 0 unspecified atom stereocenters. The molecule has 0 fully saturated rings. The van der Waals surface area contributed by atoms with Gasteiger partial charge in [-0.05, 0) is 30.7 Å². The van der Waals surface area contributed by atoms with Crippen molar-refractivity contribution in [2.45, 2.75) is 6.92 Å². The number of carbonyl (C=O) groups excluding carboxylic acids is 1. The number of aryl methyl sites for hydroxylation is 1. The Morgan fingerprint density at radius 3 is 2.47 bits per heavy atom. The van der Waals surface area contributed by atoms with Crippen LogP contribution in [0.15, 0.2) is 42.5 Å². The normalized spacial score (nSPS) is 10.1. The molecule has 3 nitrogen and oxygen atoms in total. The first-order valence-electron chi connectivity index (χ1n) is 5.56. The molecule has 0 atom stereocenters. The highest BCUT2D eigenvalue weighted by Crippen LogP contribution is 2.22. The van der Waals surface area contributed by atoms with Crippen molar-refractivity contribution in [1.82, 2.24) is 0 Å². The van der Waals surface area contributed by atoms with E-state index in [1.807, 2.05) is 0 Å². The minimum atomic E-state index is -0.949. The van der Waals surface area contributed by atoms with Crippen molar-refractivity contribution in [3.8, 4) is 5.75 Å². The Hall–Kier alpha value is -2.43. The molecule has 1 amide bonds. The van der Waals surface area contributed by atoms with Crippen LogP contribution in [0.2, 0.25) is 0 Å². The van der Waals surface area contributed by atoms with Gasteiger partial charge in [-0.15, -0.1) is 0 Å². The van der Waals surface area contributed by atoms with Gasteiger partial charge in [0.1, 0.15) is 17.3 Å². The number of hydrogen-bond acceptors (Lipinski definition) is 2. The lowest BCUT2D eigenvalue weighted by molar-refractivity contribution is 0.215. The minimum absolute atomic E-state index is 0.233. The number of benzene rings is 2. The maximum Gasteiger partial charge on any atom is 0.417 e. The maximum absolute atomic E-state index is 13.7. The predicted molar refractivity (Wildman–Crippen MR) is 67.2 cm³/mol. The molecule has 2 aromatic carbocycles. The number of para-hydroxylation sites is 1. The SMILES string of the molecule is Cc1ccc(F)c(NC(=O)Oc2ccccc2)c1F. The Labute approximate surface area is 108 Å². The first-order chi connectivity index (χ1) is 9.08. The van der Waals surface area contributed by atoms with E-state index in [0.29, 0.717) is 0 Å². The summed E-state index contributed by atoms with van der Waals surface area (Å²) in [6.45, 7) is 1.47. The molecule has 0 aliphatic rings. The fourth-order valence-corrected chi connectivity index (χ4v) is 1.49. The Kier molecular flexibility index (Phi) is 3.75. The summed E-state index contributed by atoms with van der Waals surface area (Å²) in [5, 5.41) is 2.06. The summed E-state index contributed by atoms with van der Waals surface area (Å²) in [5.41, 5.74) is -0.280. The fourth-order valence-electron chi connectivity index (χ4n) is 1.49. The van der Waals surface area contributed by atoms with Crippen molar-refractivity contribution in [3.63, 3.8) is 0 Å². The summed E-state index contributed by atoms with van der Waals surface area (Å²) in [5.74, 6) is -1.38. The number of amides is 1. The molecule has 5 heteroatoms. The van der Waals surface area contributed by atoms with Crippen molar-refractivity contribution < 1.29 is 18.3 Å². The molecule has 0 spiro atoms. The Bertz CT molecular complexity index is 600. The zero-order valence-electron chi connectivity index (χ0n) is 10.1. The minimum Gasteiger partial charge on any atom is -0.410 e. The summed E-state index contributed by atoms with van der Waals surface area (Å²) < 4.78 is 32.0. The van der Waals surface area contributed by atoms with E-state index in [1.54, 1.807) is 30.3 Å². The molecule has 0 aliphatic carbocycles. The second kappa shape index (κ2) is 5.48. The fraction of sp³-hybridized carbons (Fsp3) is 0.0714.